The van der Waals surface area contributed by atoms with E-state index < -0.39 is 0 Å². The molecule has 1 saturated carbocycles. The molecule has 0 bridgehead atoms. The second kappa shape index (κ2) is 7.35. The monoisotopic (exact) mass is 328 g/mol. The van der Waals surface area contributed by atoms with Crippen LogP contribution in [0.25, 0.3) is 0 Å². The number of benzene rings is 1. The summed E-state index contributed by atoms with van der Waals surface area (Å²) in [6.07, 6.45) is 7.33. The third kappa shape index (κ3) is 3.57. The molecule has 0 heterocycles. The Hall–Kier alpha value is -0.240. The van der Waals surface area contributed by atoms with Crippen LogP contribution in [0.1, 0.15) is 64.4 Å². The minimum absolute atomic E-state index is 0.139. The van der Waals surface area contributed by atoms with Crippen molar-refractivity contribution in [2.24, 2.45) is 5.92 Å². The summed E-state index contributed by atoms with van der Waals surface area (Å²) >= 11 is 12.4. The largest absolute Gasteiger partial charge is 0.393 e. The Bertz CT molecular complexity index is 464. The highest BCUT2D eigenvalue weighted by atomic mass is 35.5. The number of aliphatic hydroxyl groups excluding tert-OH is 1. The van der Waals surface area contributed by atoms with Crippen LogP contribution in [0, 0.1) is 5.92 Å². The molecule has 0 spiro atoms. The molecular weight excluding hydrogens is 303 g/mol. The van der Waals surface area contributed by atoms with Gasteiger partial charge in [0, 0.05) is 0 Å². The lowest BCUT2D eigenvalue weighted by atomic mass is 9.60. The molecular formula is C18H26Cl2O. The minimum Gasteiger partial charge on any atom is -0.393 e. The maximum atomic E-state index is 9.92. The van der Waals surface area contributed by atoms with Gasteiger partial charge in [0.15, 0.2) is 0 Å². The molecule has 0 aromatic heterocycles. The van der Waals surface area contributed by atoms with Crippen LogP contribution in [-0.4, -0.2) is 11.2 Å². The second-order valence-corrected chi connectivity index (χ2v) is 7.22. The average Bonchev–Trinajstić information content (AvgIpc) is 2.49. The van der Waals surface area contributed by atoms with E-state index in [1.165, 1.54) is 24.8 Å². The van der Waals surface area contributed by atoms with Crippen molar-refractivity contribution in [2.75, 3.05) is 0 Å². The first-order chi connectivity index (χ1) is 10.0. The highest BCUT2D eigenvalue weighted by molar-refractivity contribution is 6.42. The van der Waals surface area contributed by atoms with E-state index in [4.69, 9.17) is 23.2 Å². The standard InChI is InChI=1S/C18H26Cl2O/c1-3-5-13(4-2)18(10-8-15(21)9-11-18)14-6-7-16(19)17(20)12-14/h6-7,12-13,15,21H,3-5,8-11H2,1-2H3/t13-,15-,18+/m0/s1. The van der Waals surface area contributed by atoms with Crippen molar-refractivity contribution in [1.29, 1.82) is 0 Å². The minimum atomic E-state index is -0.139. The molecule has 1 N–H and O–H groups in total. The zero-order valence-electron chi connectivity index (χ0n) is 13.0. The van der Waals surface area contributed by atoms with E-state index in [1.807, 2.05) is 6.07 Å². The SMILES string of the molecule is CCC[C@H](CC)[C@]1(c2ccc(Cl)c(Cl)c2)CC[C@@H](O)CC1. The highest BCUT2D eigenvalue weighted by Crippen LogP contribution is 2.49. The summed E-state index contributed by atoms with van der Waals surface area (Å²) in [5, 5.41) is 11.2. The molecule has 3 heteroatoms. The number of halogens is 2. The van der Waals surface area contributed by atoms with E-state index in [0.29, 0.717) is 16.0 Å². The number of hydrogen-bond donors (Lipinski definition) is 1. The topological polar surface area (TPSA) is 20.2 Å². The summed E-state index contributed by atoms with van der Waals surface area (Å²) in [7, 11) is 0. The molecule has 0 radical (unpaired) electrons. The smallest absolute Gasteiger partial charge is 0.0595 e. The number of aliphatic hydroxyl groups is 1. The van der Waals surface area contributed by atoms with Crippen molar-refractivity contribution in [3.05, 3.63) is 33.8 Å². The maximum absolute atomic E-state index is 9.92. The summed E-state index contributed by atoms with van der Waals surface area (Å²) < 4.78 is 0. The van der Waals surface area contributed by atoms with Crippen molar-refractivity contribution in [2.45, 2.75) is 70.3 Å². The number of hydrogen-bond acceptors (Lipinski definition) is 1. The molecule has 0 aliphatic heterocycles. The van der Waals surface area contributed by atoms with Gasteiger partial charge in [0.25, 0.3) is 0 Å². The van der Waals surface area contributed by atoms with E-state index in [1.54, 1.807) is 0 Å². The van der Waals surface area contributed by atoms with Crippen LogP contribution < -0.4 is 0 Å². The van der Waals surface area contributed by atoms with Gasteiger partial charge in [0.2, 0.25) is 0 Å². The molecule has 1 aromatic carbocycles. The molecule has 1 fully saturated rings. The van der Waals surface area contributed by atoms with Gasteiger partial charge < -0.3 is 5.11 Å². The third-order valence-corrected chi connectivity index (χ3v) is 5.99. The van der Waals surface area contributed by atoms with Gasteiger partial charge in [-0.25, -0.2) is 0 Å². The molecule has 0 unspecified atom stereocenters. The van der Waals surface area contributed by atoms with Gasteiger partial charge >= 0.3 is 0 Å². The van der Waals surface area contributed by atoms with Crippen molar-refractivity contribution < 1.29 is 5.11 Å². The molecule has 1 aliphatic carbocycles. The van der Waals surface area contributed by atoms with Crippen LogP contribution in [0.5, 0.6) is 0 Å². The van der Waals surface area contributed by atoms with Gasteiger partial charge in [-0.1, -0.05) is 56.0 Å². The van der Waals surface area contributed by atoms with Crippen molar-refractivity contribution in [3.63, 3.8) is 0 Å². The molecule has 0 saturated heterocycles. The molecule has 118 valence electrons. The summed E-state index contributed by atoms with van der Waals surface area (Å²) in [6.45, 7) is 4.54. The van der Waals surface area contributed by atoms with Gasteiger partial charge in [-0.2, -0.15) is 0 Å². The Morgan fingerprint density at radius 2 is 1.86 bits per heavy atom. The number of rotatable bonds is 5. The molecule has 1 atom stereocenters. The Morgan fingerprint density at radius 3 is 2.38 bits per heavy atom. The normalized spacial score (nSPS) is 27.6. The first-order valence-corrected chi connectivity index (χ1v) is 8.92. The lowest BCUT2D eigenvalue weighted by Gasteiger charge is -2.45. The zero-order chi connectivity index (χ0) is 15.5. The van der Waals surface area contributed by atoms with E-state index in [-0.39, 0.29) is 11.5 Å². The predicted molar refractivity (Wildman–Crippen MR) is 91.3 cm³/mol. The maximum Gasteiger partial charge on any atom is 0.0595 e. The van der Waals surface area contributed by atoms with Crippen LogP contribution in [0.3, 0.4) is 0 Å². The highest BCUT2D eigenvalue weighted by Gasteiger charge is 2.41. The van der Waals surface area contributed by atoms with Crippen LogP contribution in [0.15, 0.2) is 18.2 Å². The van der Waals surface area contributed by atoms with E-state index in [2.05, 4.69) is 26.0 Å². The average molecular weight is 329 g/mol. The zero-order valence-corrected chi connectivity index (χ0v) is 14.6. The Labute approximate surface area is 138 Å². The van der Waals surface area contributed by atoms with Crippen molar-refractivity contribution in [1.82, 2.24) is 0 Å². The van der Waals surface area contributed by atoms with Crippen LogP contribution >= 0.6 is 23.2 Å². The Balaban J connectivity index is 2.41. The first kappa shape index (κ1) is 17.1. The van der Waals surface area contributed by atoms with Crippen molar-refractivity contribution in [3.8, 4) is 0 Å². The van der Waals surface area contributed by atoms with Gasteiger partial charge in [0.1, 0.15) is 0 Å². The fourth-order valence-electron chi connectivity index (χ4n) is 4.08. The Morgan fingerprint density at radius 1 is 1.19 bits per heavy atom. The lowest BCUT2D eigenvalue weighted by molar-refractivity contribution is 0.0668. The van der Waals surface area contributed by atoms with Crippen LogP contribution in [-0.2, 0) is 5.41 Å². The van der Waals surface area contributed by atoms with Crippen LogP contribution in [0.4, 0.5) is 0 Å². The second-order valence-electron chi connectivity index (χ2n) is 6.41. The summed E-state index contributed by atoms with van der Waals surface area (Å²) in [5.74, 6) is 0.646. The van der Waals surface area contributed by atoms with E-state index in [9.17, 15) is 5.11 Å². The van der Waals surface area contributed by atoms with E-state index >= 15 is 0 Å². The molecule has 1 aromatic rings. The molecule has 0 amide bonds. The lowest BCUT2D eigenvalue weighted by Crippen LogP contribution is -2.40. The fraction of sp³-hybridized carbons (Fsp3) is 0.667. The summed E-state index contributed by atoms with van der Waals surface area (Å²) in [4.78, 5) is 0. The van der Waals surface area contributed by atoms with Gasteiger partial charge in [0.05, 0.1) is 16.1 Å². The fourth-order valence-corrected chi connectivity index (χ4v) is 4.37. The van der Waals surface area contributed by atoms with Gasteiger partial charge in [-0.3, -0.25) is 0 Å². The third-order valence-electron chi connectivity index (χ3n) is 5.25. The van der Waals surface area contributed by atoms with Gasteiger partial charge in [-0.15, -0.1) is 0 Å². The molecule has 2 rings (SSSR count). The quantitative estimate of drug-likeness (QED) is 0.703. The molecule has 1 nitrogen and oxygen atoms in total. The first-order valence-electron chi connectivity index (χ1n) is 8.17. The van der Waals surface area contributed by atoms with Gasteiger partial charge in [-0.05, 0) is 61.1 Å². The summed E-state index contributed by atoms with van der Waals surface area (Å²) in [6, 6.07) is 6.12. The molecule has 21 heavy (non-hydrogen) atoms. The predicted octanol–water partition coefficient (Wildman–Crippen LogP) is 5.99. The Kier molecular flexibility index (Phi) is 5.99. The molecule has 1 aliphatic rings. The van der Waals surface area contributed by atoms with Crippen molar-refractivity contribution >= 4 is 23.2 Å². The van der Waals surface area contributed by atoms with Crippen LogP contribution in [0.2, 0.25) is 10.0 Å². The van der Waals surface area contributed by atoms with E-state index in [0.717, 1.165) is 25.7 Å². The summed E-state index contributed by atoms with van der Waals surface area (Å²) in [5.41, 5.74) is 1.46.